The smallest absolute Gasteiger partial charge is 0.420 e. The van der Waals surface area contributed by atoms with E-state index in [9.17, 15) is 13.2 Å². The standard InChI is InChI=1S/C20H24N2O5S/c1-4-21(5-2)28(24,25)16-10-11-17-19(14-16)27-20(23)22(17)12-13-26-18-9-7-6-8-15(18)3/h6-11,14H,4-5,12-13H2,1-3H3. The highest BCUT2D eigenvalue weighted by Crippen LogP contribution is 2.22. The molecule has 7 nitrogen and oxygen atoms in total. The van der Waals surface area contributed by atoms with Crippen molar-refractivity contribution >= 4 is 21.1 Å². The maximum atomic E-state index is 12.7. The molecule has 0 N–H and O–H groups in total. The summed E-state index contributed by atoms with van der Waals surface area (Å²) in [6.07, 6.45) is 0. The summed E-state index contributed by atoms with van der Waals surface area (Å²) in [6.45, 7) is 6.85. The first kappa shape index (κ1) is 20.2. The van der Waals surface area contributed by atoms with Gasteiger partial charge in [-0.05, 0) is 30.7 Å². The number of ether oxygens (including phenoxy) is 1. The molecular formula is C20H24N2O5S. The number of hydrogen-bond donors (Lipinski definition) is 0. The molecule has 28 heavy (non-hydrogen) atoms. The van der Waals surface area contributed by atoms with Crippen LogP contribution in [0.25, 0.3) is 11.1 Å². The Hall–Kier alpha value is -2.58. The van der Waals surface area contributed by atoms with Crippen LogP contribution in [0.5, 0.6) is 5.75 Å². The molecular weight excluding hydrogens is 380 g/mol. The average Bonchev–Trinajstić information content (AvgIpc) is 2.98. The largest absolute Gasteiger partial charge is 0.491 e. The van der Waals surface area contributed by atoms with Crippen LogP contribution in [0.15, 0.2) is 56.6 Å². The van der Waals surface area contributed by atoms with Crippen molar-refractivity contribution in [2.75, 3.05) is 19.7 Å². The van der Waals surface area contributed by atoms with Crippen LogP contribution in [-0.4, -0.2) is 37.0 Å². The van der Waals surface area contributed by atoms with Gasteiger partial charge in [-0.2, -0.15) is 4.31 Å². The Balaban J connectivity index is 1.85. The molecule has 0 aliphatic carbocycles. The van der Waals surface area contributed by atoms with Crippen LogP contribution in [0.3, 0.4) is 0 Å². The highest BCUT2D eigenvalue weighted by molar-refractivity contribution is 7.89. The van der Waals surface area contributed by atoms with Crippen LogP contribution in [0.1, 0.15) is 19.4 Å². The van der Waals surface area contributed by atoms with Crippen LogP contribution in [0, 0.1) is 6.92 Å². The summed E-state index contributed by atoms with van der Waals surface area (Å²) in [4.78, 5) is 12.3. The summed E-state index contributed by atoms with van der Waals surface area (Å²) in [7, 11) is -3.62. The first-order valence-electron chi connectivity index (χ1n) is 9.20. The van der Waals surface area contributed by atoms with Crippen molar-refractivity contribution in [2.24, 2.45) is 0 Å². The molecule has 0 bridgehead atoms. The van der Waals surface area contributed by atoms with E-state index < -0.39 is 15.8 Å². The van der Waals surface area contributed by atoms with E-state index in [0.29, 0.717) is 31.8 Å². The summed E-state index contributed by atoms with van der Waals surface area (Å²) in [6, 6.07) is 12.2. The van der Waals surface area contributed by atoms with Gasteiger partial charge in [0.05, 0.1) is 17.0 Å². The molecule has 0 saturated heterocycles. The van der Waals surface area contributed by atoms with Crippen LogP contribution in [0.4, 0.5) is 0 Å². The molecule has 0 atom stereocenters. The van der Waals surface area contributed by atoms with Gasteiger partial charge in [-0.15, -0.1) is 0 Å². The van der Waals surface area contributed by atoms with E-state index in [1.165, 1.54) is 21.0 Å². The lowest BCUT2D eigenvalue weighted by Gasteiger charge is -2.18. The van der Waals surface area contributed by atoms with Gasteiger partial charge >= 0.3 is 5.76 Å². The zero-order chi connectivity index (χ0) is 20.3. The Morgan fingerprint density at radius 3 is 2.50 bits per heavy atom. The lowest BCUT2D eigenvalue weighted by atomic mass is 10.2. The molecule has 0 aliphatic rings. The van der Waals surface area contributed by atoms with E-state index >= 15 is 0 Å². The van der Waals surface area contributed by atoms with E-state index in [4.69, 9.17) is 9.15 Å². The van der Waals surface area contributed by atoms with E-state index in [2.05, 4.69) is 0 Å². The zero-order valence-corrected chi connectivity index (χ0v) is 17.0. The first-order chi connectivity index (χ1) is 13.4. The van der Waals surface area contributed by atoms with Gasteiger partial charge in [-0.1, -0.05) is 32.0 Å². The van der Waals surface area contributed by atoms with Gasteiger partial charge < -0.3 is 9.15 Å². The molecule has 2 aromatic carbocycles. The van der Waals surface area contributed by atoms with Crippen molar-refractivity contribution in [1.82, 2.24) is 8.87 Å². The highest BCUT2D eigenvalue weighted by atomic mass is 32.2. The van der Waals surface area contributed by atoms with Crippen LogP contribution < -0.4 is 10.5 Å². The third kappa shape index (κ3) is 3.83. The van der Waals surface area contributed by atoms with E-state index in [1.54, 1.807) is 19.9 Å². The Bertz CT molecular complexity index is 1130. The Morgan fingerprint density at radius 1 is 1.11 bits per heavy atom. The Morgan fingerprint density at radius 2 is 1.82 bits per heavy atom. The van der Waals surface area contributed by atoms with Gasteiger partial charge in [-0.25, -0.2) is 13.2 Å². The third-order valence-electron chi connectivity index (χ3n) is 4.65. The lowest BCUT2D eigenvalue weighted by molar-refractivity contribution is 0.292. The van der Waals surface area contributed by atoms with Gasteiger partial charge in [0.1, 0.15) is 12.4 Å². The summed E-state index contributed by atoms with van der Waals surface area (Å²) < 4.78 is 39.2. The summed E-state index contributed by atoms with van der Waals surface area (Å²) >= 11 is 0. The number of aryl methyl sites for hydroxylation is 1. The highest BCUT2D eigenvalue weighted by Gasteiger charge is 2.23. The van der Waals surface area contributed by atoms with Crippen LogP contribution in [-0.2, 0) is 16.6 Å². The molecule has 3 rings (SSSR count). The summed E-state index contributed by atoms with van der Waals surface area (Å²) in [5.41, 5.74) is 1.80. The molecule has 1 aromatic heterocycles. The number of aromatic nitrogens is 1. The number of benzene rings is 2. The molecule has 0 spiro atoms. The fraction of sp³-hybridized carbons (Fsp3) is 0.350. The van der Waals surface area contributed by atoms with E-state index in [0.717, 1.165) is 11.3 Å². The topological polar surface area (TPSA) is 81.8 Å². The van der Waals surface area contributed by atoms with E-state index in [1.807, 2.05) is 31.2 Å². The second-order valence-electron chi connectivity index (χ2n) is 6.35. The maximum absolute atomic E-state index is 12.7. The molecule has 1 heterocycles. The van der Waals surface area contributed by atoms with Gasteiger partial charge in [0.25, 0.3) is 0 Å². The molecule has 3 aromatic rings. The average molecular weight is 404 g/mol. The van der Waals surface area contributed by atoms with Crippen LogP contribution in [0.2, 0.25) is 0 Å². The summed E-state index contributed by atoms with van der Waals surface area (Å²) in [5.74, 6) is 0.219. The maximum Gasteiger partial charge on any atom is 0.420 e. The Labute approximate surface area is 164 Å². The number of oxazole rings is 1. The van der Waals surface area contributed by atoms with Gasteiger partial charge in [0, 0.05) is 19.2 Å². The molecule has 0 aliphatic heterocycles. The van der Waals surface area contributed by atoms with Crippen molar-refractivity contribution < 1.29 is 17.6 Å². The van der Waals surface area contributed by atoms with Gasteiger partial charge in [-0.3, -0.25) is 4.57 Å². The van der Waals surface area contributed by atoms with E-state index in [-0.39, 0.29) is 10.5 Å². The molecule has 0 fully saturated rings. The molecule has 0 unspecified atom stereocenters. The van der Waals surface area contributed by atoms with Crippen LogP contribution >= 0.6 is 0 Å². The number of para-hydroxylation sites is 1. The minimum Gasteiger partial charge on any atom is -0.491 e. The molecule has 0 saturated carbocycles. The van der Waals surface area contributed by atoms with Gasteiger partial charge in [0.2, 0.25) is 10.0 Å². The van der Waals surface area contributed by atoms with Crippen molar-refractivity contribution in [1.29, 1.82) is 0 Å². The second kappa shape index (κ2) is 8.20. The number of hydrogen-bond acceptors (Lipinski definition) is 5. The summed E-state index contributed by atoms with van der Waals surface area (Å²) in [5, 5.41) is 0. The monoisotopic (exact) mass is 404 g/mol. The van der Waals surface area contributed by atoms with Gasteiger partial charge in [0.15, 0.2) is 5.58 Å². The molecule has 0 radical (unpaired) electrons. The predicted molar refractivity (Wildman–Crippen MR) is 107 cm³/mol. The fourth-order valence-corrected chi connectivity index (χ4v) is 4.57. The van der Waals surface area contributed by atoms with Crippen molar-refractivity contribution in [3.05, 3.63) is 58.6 Å². The third-order valence-corrected chi connectivity index (χ3v) is 6.69. The molecule has 0 amide bonds. The number of sulfonamides is 1. The fourth-order valence-electron chi connectivity index (χ4n) is 3.10. The van der Waals surface area contributed by atoms with Crippen molar-refractivity contribution in [3.8, 4) is 5.75 Å². The molecule has 8 heteroatoms. The zero-order valence-electron chi connectivity index (χ0n) is 16.2. The minimum atomic E-state index is -3.62. The van der Waals surface area contributed by atoms with Crippen molar-refractivity contribution in [3.63, 3.8) is 0 Å². The Kier molecular flexibility index (Phi) is 5.90. The predicted octanol–water partition coefficient (Wildman–Crippen LogP) is 3.01. The van der Waals surface area contributed by atoms with Crippen molar-refractivity contribution in [2.45, 2.75) is 32.2 Å². The quantitative estimate of drug-likeness (QED) is 0.576. The number of rotatable bonds is 8. The number of nitrogens with zero attached hydrogens (tertiary/aromatic N) is 2. The first-order valence-corrected chi connectivity index (χ1v) is 10.6. The minimum absolute atomic E-state index is 0.112. The number of fused-ring (bicyclic) bond motifs is 1. The second-order valence-corrected chi connectivity index (χ2v) is 8.29. The normalized spacial score (nSPS) is 12.0. The SMILES string of the molecule is CCN(CC)S(=O)(=O)c1ccc2c(c1)oc(=O)n2CCOc1ccccc1C. The molecule has 150 valence electrons. The lowest BCUT2D eigenvalue weighted by Crippen LogP contribution is -2.30.